The number of allylic oxidation sites excluding steroid dienone is 1. The zero-order valence-corrected chi connectivity index (χ0v) is 12.0. The van der Waals surface area contributed by atoms with E-state index in [-0.39, 0.29) is 11.3 Å². The number of H-pyrrole nitrogens is 1. The van der Waals surface area contributed by atoms with Crippen LogP contribution in [0.2, 0.25) is 0 Å². The van der Waals surface area contributed by atoms with Gasteiger partial charge in [-0.1, -0.05) is 52.7 Å². The molecule has 0 aliphatic rings. The molecular formula is C15H26N2O. The molecule has 1 rings (SSSR count). The van der Waals surface area contributed by atoms with Crippen molar-refractivity contribution in [2.75, 3.05) is 0 Å². The van der Waals surface area contributed by atoms with Crippen molar-refractivity contribution in [2.45, 2.75) is 59.0 Å². The third-order valence-corrected chi connectivity index (χ3v) is 3.13. The molecular weight excluding hydrogens is 224 g/mol. The van der Waals surface area contributed by atoms with Gasteiger partial charge in [-0.3, -0.25) is 0 Å². The van der Waals surface area contributed by atoms with Crippen LogP contribution < -0.4 is 0 Å². The van der Waals surface area contributed by atoms with E-state index >= 15 is 0 Å². The van der Waals surface area contributed by atoms with E-state index in [0.29, 0.717) is 0 Å². The average molecular weight is 250 g/mol. The van der Waals surface area contributed by atoms with Crippen molar-refractivity contribution in [3.8, 4) is 0 Å². The molecule has 0 radical (unpaired) electrons. The van der Waals surface area contributed by atoms with Crippen molar-refractivity contribution >= 4 is 0 Å². The lowest BCUT2D eigenvalue weighted by Crippen LogP contribution is -2.32. The number of rotatable bonds is 6. The van der Waals surface area contributed by atoms with Crippen LogP contribution in [0.5, 0.6) is 0 Å². The standard InChI is InChI=1S/C15H26N2O/c1-5-6-7-8-9-12(13(18)15(2,3)4)14-16-10-11-17-14/h8-13,18H,5-7H2,1-4H3,(H,16,17). The van der Waals surface area contributed by atoms with E-state index in [0.717, 1.165) is 12.2 Å². The van der Waals surface area contributed by atoms with Crippen LogP contribution in [-0.2, 0) is 0 Å². The van der Waals surface area contributed by atoms with E-state index in [4.69, 9.17) is 0 Å². The Bertz CT molecular complexity index is 349. The molecule has 2 unspecified atom stereocenters. The summed E-state index contributed by atoms with van der Waals surface area (Å²) in [6.45, 7) is 8.33. The maximum absolute atomic E-state index is 10.5. The second kappa shape index (κ2) is 6.74. The molecule has 3 nitrogen and oxygen atoms in total. The molecule has 18 heavy (non-hydrogen) atoms. The van der Waals surface area contributed by atoms with Crippen LogP contribution in [0.4, 0.5) is 0 Å². The Morgan fingerprint density at radius 1 is 1.44 bits per heavy atom. The van der Waals surface area contributed by atoms with E-state index in [1.54, 1.807) is 12.4 Å². The second-order valence-electron chi connectivity index (χ2n) is 5.88. The quantitative estimate of drug-likeness (QED) is 0.598. The number of imidazole rings is 1. The Labute approximate surface area is 110 Å². The normalized spacial score (nSPS) is 16.1. The molecule has 0 aliphatic heterocycles. The Balaban J connectivity index is 2.80. The number of hydrogen-bond acceptors (Lipinski definition) is 2. The van der Waals surface area contributed by atoms with Gasteiger partial charge in [-0.15, -0.1) is 0 Å². The molecule has 0 spiro atoms. The molecule has 102 valence electrons. The topological polar surface area (TPSA) is 48.9 Å². The zero-order valence-electron chi connectivity index (χ0n) is 12.0. The Kier molecular flexibility index (Phi) is 5.60. The number of nitrogens with one attached hydrogen (secondary N) is 1. The van der Waals surface area contributed by atoms with Gasteiger partial charge in [0, 0.05) is 12.4 Å². The van der Waals surface area contributed by atoms with E-state index in [1.807, 2.05) is 20.8 Å². The van der Waals surface area contributed by atoms with Gasteiger partial charge in [-0.2, -0.15) is 0 Å². The summed E-state index contributed by atoms with van der Waals surface area (Å²) < 4.78 is 0. The van der Waals surface area contributed by atoms with Crippen LogP contribution >= 0.6 is 0 Å². The third kappa shape index (κ3) is 4.30. The summed E-state index contributed by atoms with van der Waals surface area (Å²) in [5.41, 5.74) is -0.160. The first-order valence-electron chi connectivity index (χ1n) is 6.80. The number of unbranched alkanes of at least 4 members (excludes halogenated alkanes) is 2. The summed E-state index contributed by atoms with van der Waals surface area (Å²) in [6, 6.07) is 0. The molecule has 0 amide bonds. The SMILES string of the molecule is CCCCC=CC(c1ncc[nH]1)C(O)C(C)(C)C. The van der Waals surface area contributed by atoms with Crippen LogP contribution in [0, 0.1) is 5.41 Å². The maximum Gasteiger partial charge on any atom is 0.115 e. The van der Waals surface area contributed by atoms with Gasteiger partial charge in [0.1, 0.15) is 5.82 Å². The molecule has 0 aromatic carbocycles. The highest BCUT2D eigenvalue weighted by molar-refractivity contribution is 5.12. The highest BCUT2D eigenvalue weighted by Gasteiger charge is 2.31. The lowest BCUT2D eigenvalue weighted by Gasteiger charge is -2.30. The van der Waals surface area contributed by atoms with Gasteiger partial charge in [0.25, 0.3) is 0 Å². The zero-order chi connectivity index (χ0) is 13.6. The molecule has 0 saturated carbocycles. The van der Waals surface area contributed by atoms with Gasteiger partial charge < -0.3 is 10.1 Å². The highest BCUT2D eigenvalue weighted by atomic mass is 16.3. The highest BCUT2D eigenvalue weighted by Crippen LogP contribution is 2.31. The van der Waals surface area contributed by atoms with E-state index in [9.17, 15) is 5.11 Å². The molecule has 1 heterocycles. The number of aliphatic hydroxyl groups is 1. The minimum atomic E-state index is -0.443. The first-order chi connectivity index (χ1) is 8.46. The number of aromatic amines is 1. The molecule has 0 saturated heterocycles. The van der Waals surface area contributed by atoms with Crippen molar-refractivity contribution < 1.29 is 5.11 Å². The molecule has 0 aliphatic carbocycles. The monoisotopic (exact) mass is 250 g/mol. The fourth-order valence-corrected chi connectivity index (χ4v) is 1.91. The fourth-order valence-electron chi connectivity index (χ4n) is 1.91. The van der Waals surface area contributed by atoms with Crippen LogP contribution in [0.3, 0.4) is 0 Å². The van der Waals surface area contributed by atoms with Crippen LogP contribution in [-0.4, -0.2) is 21.2 Å². The number of hydrogen-bond donors (Lipinski definition) is 2. The summed E-state index contributed by atoms with van der Waals surface area (Å²) in [5.74, 6) is 0.780. The van der Waals surface area contributed by atoms with Crippen LogP contribution in [0.25, 0.3) is 0 Å². The van der Waals surface area contributed by atoms with Gasteiger partial charge in [-0.05, 0) is 11.8 Å². The Morgan fingerprint density at radius 2 is 2.17 bits per heavy atom. The minimum Gasteiger partial charge on any atom is -0.391 e. The molecule has 2 N–H and O–H groups in total. The van der Waals surface area contributed by atoms with E-state index in [2.05, 4.69) is 29.0 Å². The van der Waals surface area contributed by atoms with Crippen LogP contribution in [0.1, 0.15) is 58.7 Å². The fraction of sp³-hybridized carbons (Fsp3) is 0.667. The predicted octanol–water partition coefficient (Wildman–Crippen LogP) is 3.65. The van der Waals surface area contributed by atoms with Gasteiger partial charge in [0.2, 0.25) is 0 Å². The lowest BCUT2D eigenvalue weighted by atomic mass is 9.80. The van der Waals surface area contributed by atoms with Gasteiger partial charge in [-0.25, -0.2) is 4.98 Å². The largest absolute Gasteiger partial charge is 0.391 e. The van der Waals surface area contributed by atoms with Gasteiger partial charge in [0.05, 0.1) is 12.0 Å². The molecule has 1 aromatic rings. The maximum atomic E-state index is 10.5. The first-order valence-corrected chi connectivity index (χ1v) is 6.80. The summed E-state index contributed by atoms with van der Waals surface area (Å²) >= 11 is 0. The van der Waals surface area contributed by atoms with Crippen LogP contribution in [0.15, 0.2) is 24.5 Å². The lowest BCUT2D eigenvalue weighted by molar-refractivity contribution is 0.0489. The summed E-state index contributed by atoms with van der Waals surface area (Å²) in [5, 5.41) is 10.5. The second-order valence-corrected chi connectivity index (χ2v) is 5.88. The first kappa shape index (κ1) is 15.0. The average Bonchev–Trinajstić information content (AvgIpc) is 2.80. The van der Waals surface area contributed by atoms with E-state index < -0.39 is 6.10 Å². The Morgan fingerprint density at radius 3 is 2.67 bits per heavy atom. The smallest absolute Gasteiger partial charge is 0.115 e. The van der Waals surface area contributed by atoms with Crippen molar-refractivity contribution in [1.29, 1.82) is 0 Å². The number of aliphatic hydroxyl groups excluding tert-OH is 1. The van der Waals surface area contributed by atoms with Crippen molar-refractivity contribution in [3.05, 3.63) is 30.4 Å². The molecule has 3 heteroatoms. The van der Waals surface area contributed by atoms with Crippen molar-refractivity contribution in [1.82, 2.24) is 9.97 Å². The number of nitrogens with zero attached hydrogens (tertiary/aromatic N) is 1. The van der Waals surface area contributed by atoms with Crippen molar-refractivity contribution in [2.24, 2.45) is 5.41 Å². The van der Waals surface area contributed by atoms with Gasteiger partial charge in [0.15, 0.2) is 0 Å². The minimum absolute atomic E-state index is 0.0585. The van der Waals surface area contributed by atoms with Crippen molar-refractivity contribution in [3.63, 3.8) is 0 Å². The molecule has 2 atom stereocenters. The predicted molar refractivity (Wildman–Crippen MR) is 75.5 cm³/mol. The molecule has 1 aromatic heterocycles. The molecule has 0 bridgehead atoms. The summed E-state index contributed by atoms with van der Waals surface area (Å²) in [6.07, 6.45) is 10.8. The Hall–Kier alpha value is -1.09. The number of aromatic nitrogens is 2. The summed E-state index contributed by atoms with van der Waals surface area (Å²) in [7, 11) is 0. The van der Waals surface area contributed by atoms with E-state index in [1.165, 1.54) is 12.8 Å². The summed E-state index contributed by atoms with van der Waals surface area (Å²) in [4.78, 5) is 7.39. The molecule has 0 fully saturated rings. The third-order valence-electron chi connectivity index (χ3n) is 3.13. The van der Waals surface area contributed by atoms with Gasteiger partial charge >= 0.3 is 0 Å².